The third kappa shape index (κ3) is 2.04. The van der Waals surface area contributed by atoms with E-state index in [9.17, 15) is 9.59 Å². The van der Waals surface area contributed by atoms with Crippen molar-refractivity contribution in [1.29, 1.82) is 0 Å². The van der Waals surface area contributed by atoms with Crippen molar-refractivity contribution in [2.75, 3.05) is 18.1 Å². The molecule has 1 aliphatic rings. The Balaban J connectivity index is 2.36. The lowest BCUT2D eigenvalue weighted by Gasteiger charge is -2.18. The number of nitrogens with zero attached hydrogens (tertiary/aromatic N) is 1. The fraction of sp³-hybridized carbons (Fsp3) is 0.429. The molecule has 4 nitrogen and oxygen atoms in total. The highest BCUT2D eigenvalue weighted by Gasteiger charge is 2.36. The molecule has 0 bridgehead atoms. The van der Waals surface area contributed by atoms with Crippen LogP contribution in [0.25, 0.3) is 0 Å². The van der Waals surface area contributed by atoms with Crippen molar-refractivity contribution in [1.82, 2.24) is 0 Å². The second kappa shape index (κ2) is 4.90. The van der Waals surface area contributed by atoms with E-state index < -0.39 is 11.7 Å². The van der Waals surface area contributed by atoms with Gasteiger partial charge in [0.2, 0.25) is 0 Å². The van der Waals surface area contributed by atoms with Gasteiger partial charge in [-0.3, -0.25) is 9.59 Å². The first-order chi connectivity index (χ1) is 8.56. The number of benzene rings is 1. The molecule has 1 aromatic rings. The average Bonchev–Trinajstić information content (AvgIpc) is 2.55. The van der Waals surface area contributed by atoms with E-state index in [0.717, 1.165) is 16.8 Å². The second-order valence-corrected chi connectivity index (χ2v) is 4.69. The average molecular weight is 247 g/mol. The van der Waals surface area contributed by atoms with Gasteiger partial charge in [0, 0.05) is 13.2 Å². The lowest BCUT2D eigenvalue weighted by Crippen LogP contribution is -2.31. The third-order valence-electron chi connectivity index (χ3n) is 3.19. The van der Waals surface area contributed by atoms with Crippen LogP contribution in [0.2, 0.25) is 0 Å². The normalized spacial score (nSPS) is 14.3. The number of aryl methyl sites for hydroxylation is 2. The van der Waals surface area contributed by atoms with Crippen LogP contribution in [0.4, 0.5) is 5.69 Å². The van der Waals surface area contributed by atoms with E-state index in [-0.39, 0.29) is 6.61 Å². The quantitative estimate of drug-likeness (QED) is 0.649. The molecule has 96 valence electrons. The number of fused-ring (bicyclic) bond motifs is 1. The lowest BCUT2D eigenvalue weighted by atomic mass is 10.0. The van der Waals surface area contributed by atoms with Crippen molar-refractivity contribution >= 4 is 17.4 Å². The highest BCUT2D eigenvalue weighted by Crippen LogP contribution is 2.33. The van der Waals surface area contributed by atoms with E-state index >= 15 is 0 Å². The largest absolute Gasteiger partial charge is 0.396 e. The molecule has 2 rings (SSSR count). The minimum absolute atomic E-state index is 0.107. The van der Waals surface area contributed by atoms with Crippen LogP contribution in [-0.2, 0) is 4.79 Å². The molecule has 1 aromatic carbocycles. The summed E-state index contributed by atoms with van der Waals surface area (Å²) in [6.07, 6.45) is 1.33. The Morgan fingerprint density at radius 1 is 1.17 bits per heavy atom. The summed E-state index contributed by atoms with van der Waals surface area (Å²) < 4.78 is 0. The summed E-state index contributed by atoms with van der Waals surface area (Å²) in [5, 5.41) is 8.77. The van der Waals surface area contributed by atoms with E-state index in [1.54, 1.807) is 11.0 Å². The molecule has 0 saturated heterocycles. The monoisotopic (exact) mass is 247 g/mol. The molecule has 0 spiro atoms. The highest BCUT2D eigenvalue weighted by atomic mass is 16.3. The van der Waals surface area contributed by atoms with Gasteiger partial charge in [0.15, 0.2) is 0 Å². The van der Waals surface area contributed by atoms with Crippen LogP contribution in [0.3, 0.4) is 0 Å². The predicted molar refractivity (Wildman–Crippen MR) is 68.9 cm³/mol. The fourth-order valence-corrected chi connectivity index (χ4v) is 2.43. The van der Waals surface area contributed by atoms with Gasteiger partial charge < -0.3 is 10.0 Å². The number of ketones is 1. The van der Waals surface area contributed by atoms with Crippen LogP contribution in [0.15, 0.2) is 12.1 Å². The number of Topliss-reactive ketones (excluding diaryl/α,β-unsaturated/α-hetero) is 1. The van der Waals surface area contributed by atoms with Crippen molar-refractivity contribution < 1.29 is 14.7 Å². The van der Waals surface area contributed by atoms with Crippen molar-refractivity contribution in [2.24, 2.45) is 0 Å². The predicted octanol–water partition coefficient (Wildman–Crippen LogP) is 1.61. The smallest absolute Gasteiger partial charge is 0.299 e. The molecule has 0 aromatic heterocycles. The molecular weight excluding hydrogens is 230 g/mol. The summed E-state index contributed by atoms with van der Waals surface area (Å²) in [6.45, 7) is 4.42. The number of carbonyl (C=O) groups is 2. The van der Waals surface area contributed by atoms with Gasteiger partial charge in [0.25, 0.3) is 11.7 Å². The summed E-state index contributed by atoms with van der Waals surface area (Å²) in [5.74, 6) is -0.863. The zero-order valence-corrected chi connectivity index (χ0v) is 10.7. The van der Waals surface area contributed by atoms with E-state index in [4.69, 9.17) is 5.11 Å². The zero-order valence-electron chi connectivity index (χ0n) is 10.7. The van der Waals surface area contributed by atoms with Crippen molar-refractivity contribution in [3.8, 4) is 0 Å². The number of hydrogen-bond acceptors (Lipinski definition) is 3. The first kappa shape index (κ1) is 12.8. The molecule has 0 saturated carbocycles. The van der Waals surface area contributed by atoms with E-state index in [1.807, 2.05) is 19.9 Å². The number of anilines is 1. The fourth-order valence-electron chi connectivity index (χ4n) is 2.43. The number of unbranched alkanes of at least 4 members (excludes halogenated alkanes) is 1. The Labute approximate surface area is 106 Å². The summed E-state index contributed by atoms with van der Waals surface area (Å²) in [4.78, 5) is 25.4. The Hall–Kier alpha value is -1.68. The molecule has 4 heteroatoms. The molecule has 1 N–H and O–H groups in total. The maximum absolute atomic E-state index is 11.9. The summed E-state index contributed by atoms with van der Waals surface area (Å²) in [7, 11) is 0. The molecule has 0 radical (unpaired) electrons. The van der Waals surface area contributed by atoms with Crippen molar-refractivity contribution in [3.05, 3.63) is 28.8 Å². The molecule has 0 unspecified atom stereocenters. The Kier molecular flexibility index (Phi) is 3.48. The number of rotatable bonds is 4. The molecule has 0 aliphatic carbocycles. The van der Waals surface area contributed by atoms with E-state index in [1.165, 1.54) is 0 Å². The first-order valence-corrected chi connectivity index (χ1v) is 6.14. The topological polar surface area (TPSA) is 57.6 Å². The van der Waals surface area contributed by atoms with Crippen LogP contribution in [0, 0.1) is 13.8 Å². The standard InChI is InChI=1S/C14H17NO3/c1-9-7-10(2)12-11(8-9)13(17)14(18)15(12)5-3-4-6-16/h7-8,16H,3-6H2,1-2H3. The molecule has 0 atom stereocenters. The molecule has 1 heterocycles. The van der Waals surface area contributed by atoms with Gasteiger partial charge in [0.05, 0.1) is 11.3 Å². The maximum Gasteiger partial charge on any atom is 0.299 e. The van der Waals surface area contributed by atoms with Crippen LogP contribution in [0.5, 0.6) is 0 Å². The van der Waals surface area contributed by atoms with Crippen LogP contribution >= 0.6 is 0 Å². The van der Waals surface area contributed by atoms with E-state index in [2.05, 4.69) is 0 Å². The van der Waals surface area contributed by atoms with Crippen LogP contribution in [0.1, 0.15) is 34.3 Å². The Morgan fingerprint density at radius 3 is 2.56 bits per heavy atom. The lowest BCUT2D eigenvalue weighted by molar-refractivity contribution is -0.114. The van der Waals surface area contributed by atoms with Gasteiger partial charge in [-0.2, -0.15) is 0 Å². The highest BCUT2D eigenvalue weighted by molar-refractivity contribution is 6.52. The van der Waals surface area contributed by atoms with Crippen molar-refractivity contribution in [2.45, 2.75) is 26.7 Å². The van der Waals surface area contributed by atoms with Gasteiger partial charge in [-0.15, -0.1) is 0 Å². The van der Waals surface area contributed by atoms with Crippen LogP contribution < -0.4 is 4.90 Å². The van der Waals surface area contributed by atoms with Crippen molar-refractivity contribution in [3.63, 3.8) is 0 Å². The minimum Gasteiger partial charge on any atom is -0.396 e. The second-order valence-electron chi connectivity index (χ2n) is 4.69. The minimum atomic E-state index is -0.448. The molecular formula is C14H17NO3. The number of aliphatic hydroxyl groups is 1. The number of carbonyl (C=O) groups excluding carboxylic acids is 2. The number of aliphatic hydroxyl groups excluding tert-OH is 1. The third-order valence-corrected chi connectivity index (χ3v) is 3.19. The van der Waals surface area contributed by atoms with Gasteiger partial charge in [-0.1, -0.05) is 6.07 Å². The van der Waals surface area contributed by atoms with Gasteiger partial charge in [0.1, 0.15) is 0 Å². The summed E-state index contributed by atoms with van der Waals surface area (Å²) in [6, 6.07) is 3.75. The summed E-state index contributed by atoms with van der Waals surface area (Å²) in [5.41, 5.74) is 3.20. The maximum atomic E-state index is 11.9. The Morgan fingerprint density at radius 2 is 1.89 bits per heavy atom. The molecule has 0 fully saturated rings. The van der Waals surface area contributed by atoms with Gasteiger partial charge in [-0.05, 0) is 43.9 Å². The summed E-state index contributed by atoms with van der Waals surface area (Å²) >= 11 is 0. The molecule has 1 amide bonds. The molecule has 1 aliphatic heterocycles. The SMILES string of the molecule is Cc1cc(C)c2c(c1)C(=O)C(=O)N2CCCCO. The Bertz CT molecular complexity index is 508. The zero-order chi connectivity index (χ0) is 13.3. The van der Waals surface area contributed by atoms with Crippen LogP contribution in [-0.4, -0.2) is 29.9 Å². The first-order valence-electron chi connectivity index (χ1n) is 6.14. The number of amides is 1. The molecule has 18 heavy (non-hydrogen) atoms. The van der Waals surface area contributed by atoms with Gasteiger partial charge >= 0.3 is 0 Å². The van der Waals surface area contributed by atoms with E-state index in [0.29, 0.717) is 24.9 Å². The number of hydrogen-bond donors (Lipinski definition) is 1. The van der Waals surface area contributed by atoms with Gasteiger partial charge in [-0.25, -0.2) is 0 Å².